The van der Waals surface area contributed by atoms with Crippen molar-refractivity contribution in [2.75, 3.05) is 13.2 Å². The molecule has 3 amide bonds. The minimum absolute atomic E-state index is 0.100. The lowest BCUT2D eigenvalue weighted by Crippen LogP contribution is -2.33. The van der Waals surface area contributed by atoms with Crippen molar-refractivity contribution < 1.29 is 84.2 Å². The SMILES string of the molecule is C=C(C)C(=O)CCC(O)c1c(CNC(=O)c2cccc(O)c2O)c(C(O)COC(=O)C(=C)C)c(CNC(=O)c2cccc(O)c2O)c(C(O)COC(=O)C(=C)C)c1CNC(=O)c1cccc(O)c1O. The number of phenolic OH excluding ortho intramolecular Hbond substituents is 6. The molecule has 0 radical (unpaired) electrons. The molecule has 4 rings (SSSR count). The lowest BCUT2D eigenvalue weighted by molar-refractivity contribution is -0.142. The third-order valence-corrected chi connectivity index (χ3v) is 10.6. The molecule has 12 N–H and O–H groups in total. The molecule has 0 aromatic heterocycles. The number of nitrogens with one attached hydrogen (secondary N) is 3. The van der Waals surface area contributed by atoms with Crippen LogP contribution in [0, 0.1) is 0 Å². The molecular weight excluding hydrogens is 903 g/mol. The summed E-state index contributed by atoms with van der Waals surface area (Å²) in [5.41, 5.74) is -3.37. The summed E-state index contributed by atoms with van der Waals surface area (Å²) in [6.07, 6.45) is -6.74. The van der Waals surface area contributed by atoms with Gasteiger partial charge in [0.25, 0.3) is 17.7 Å². The van der Waals surface area contributed by atoms with Crippen LogP contribution in [0.1, 0.15) is 116 Å². The molecule has 366 valence electrons. The van der Waals surface area contributed by atoms with Crippen molar-refractivity contribution in [3.8, 4) is 34.5 Å². The van der Waals surface area contributed by atoms with Gasteiger partial charge in [-0.05, 0) is 103 Å². The van der Waals surface area contributed by atoms with E-state index in [1.54, 1.807) is 0 Å². The summed E-state index contributed by atoms with van der Waals surface area (Å²) in [6.45, 7) is 10.6. The number of carbonyl (C=O) groups is 6. The number of rotatable bonds is 22. The van der Waals surface area contributed by atoms with E-state index in [4.69, 9.17) is 9.47 Å². The number of Topliss-reactive ketones (excluding diaryl/α,β-unsaturated/α-hetero) is 1. The van der Waals surface area contributed by atoms with Crippen molar-refractivity contribution in [3.05, 3.63) is 141 Å². The van der Waals surface area contributed by atoms with Gasteiger partial charge in [0.2, 0.25) is 0 Å². The van der Waals surface area contributed by atoms with Crippen molar-refractivity contribution in [1.29, 1.82) is 0 Å². The van der Waals surface area contributed by atoms with Gasteiger partial charge in [0.1, 0.15) is 25.4 Å². The van der Waals surface area contributed by atoms with E-state index in [0.717, 1.165) is 36.4 Å². The zero-order valence-corrected chi connectivity index (χ0v) is 37.8. The average Bonchev–Trinajstić information content (AvgIpc) is 3.30. The van der Waals surface area contributed by atoms with Crippen molar-refractivity contribution in [3.63, 3.8) is 0 Å². The fraction of sp³-hybridized carbons (Fsp3) is 0.265. The molecule has 0 aliphatic heterocycles. The fourth-order valence-corrected chi connectivity index (χ4v) is 7.04. The summed E-state index contributed by atoms with van der Waals surface area (Å²) in [4.78, 5) is 79.9. The standard InChI is InChI=1S/C49H53N3O17/c1-23(2)32(53)16-17-33(54)39-29(18-50-45(63)26-10-7-13-34(55)42(26)60)40(37(58)21-68-48(66)24(3)4)31(20-52-47(65)28-12-9-15-36(57)44(28)62)41(38(59)22-69-49(67)25(5)6)30(39)19-51-46(64)27-11-8-14-35(56)43(27)61/h7-15,33,37-38,54-62H,1,3,5,16-22H2,2,4,6H3,(H,50,63)(H,51,64)(H,52,65). The Hall–Kier alpha value is -8.20. The Labute approximate surface area is 395 Å². The summed E-state index contributed by atoms with van der Waals surface area (Å²) in [6, 6.07) is 10.5. The number of phenols is 6. The number of ether oxygens (including phenoxy) is 2. The molecular formula is C49H53N3O17. The molecule has 0 saturated heterocycles. The van der Waals surface area contributed by atoms with Gasteiger partial charge in [-0.2, -0.15) is 0 Å². The molecule has 69 heavy (non-hydrogen) atoms. The zero-order valence-electron chi connectivity index (χ0n) is 37.8. The average molecular weight is 956 g/mol. The van der Waals surface area contributed by atoms with Crippen LogP contribution in [0.25, 0.3) is 0 Å². The molecule has 3 unspecified atom stereocenters. The Morgan fingerprint density at radius 2 is 0.797 bits per heavy atom. The molecule has 0 heterocycles. The van der Waals surface area contributed by atoms with Crippen molar-refractivity contribution in [1.82, 2.24) is 16.0 Å². The number of aliphatic hydroxyl groups is 3. The number of aliphatic hydroxyl groups excluding tert-OH is 3. The Morgan fingerprint density at radius 1 is 0.493 bits per heavy atom. The molecule has 3 atom stereocenters. The van der Waals surface area contributed by atoms with E-state index in [1.807, 2.05) is 0 Å². The van der Waals surface area contributed by atoms with Crippen molar-refractivity contribution in [2.24, 2.45) is 0 Å². The first-order valence-corrected chi connectivity index (χ1v) is 20.9. The molecule has 4 aromatic rings. The van der Waals surface area contributed by atoms with E-state index < -0.39 is 144 Å². The highest BCUT2D eigenvalue weighted by atomic mass is 16.5. The lowest BCUT2D eigenvalue weighted by Gasteiger charge is -2.32. The Balaban J connectivity index is 2.18. The number of hydrogen-bond acceptors (Lipinski definition) is 17. The summed E-state index contributed by atoms with van der Waals surface area (Å²) in [5.74, 6) is -10.2. The topological polar surface area (TPSA) is 339 Å². The fourth-order valence-electron chi connectivity index (χ4n) is 7.04. The largest absolute Gasteiger partial charge is 0.504 e. The van der Waals surface area contributed by atoms with Gasteiger partial charge in [0.05, 0.1) is 22.8 Å². The van der Waals surface area contributed by atoms with Crippen LogP contribution in [-0.4, -0.2) is 94.6 Å². The van der Waals surface area contributed by atoms with Crippen LogP contribution in [0.4, 0.5) is 0 Å². The van der Waals surface area contributed by atoms with E-state index in [0.29, 0.717) is 0 Å². The van der Waals surface area contributed by atoms with Gasteiger partial charge in [0, 0.05) is 37.2 Å². The lowest BCUT2D eigenvalue weighted by atomic mass is 9.79. The summed E-state index contributed by atoms with van der Waals surface area (Å²) in [5, 5.41) is 107. The molecule has 20 heteroatoms. The van der Waals surface area contributed by atoms with E-state index >= 15 is 0 Å². The number of benzene rings is 4. The molecule has 0 aliphatic carbocycles. The van der Waals surface area contributed by atoms with Gasteiger partial charge in [-0.25, -0.2) is 9.59 Å². The molecule has 20 nitrogen and oxygen atoms in total. The summed E-state index contributed by atoms with van der Waals surface area (Å²) >= 11 is 0. The van der Waals surface area contributed by atoms with E-state index in [2.05, 4.69) is 35.7 Å². The Kier molecular flexibility index (Phi) is 18.2. The van der Waals surface area contributed by atoms with Gasteiger partial charge in [-0.15, -0.1) is 0 Å². The second kappa shape index (κ2) is 23.5. The van der Waals surface area contributed by atoms with Crippen LogP contribution >= 0.6 is 0 Å². The Bertz CT molecular complexity index is 2400. The second-order valence-electron chi connectivity index (χ2n) is 15.8. The third-order valence-electron chi connectivity index (χ3n) is 10.6. The first-order chi connectivity index (χ1) is 32.5. The van der Waals surface area contributed by atoms with Crippen molar-refractivity contribution >= 4 is 35.4 Å². The van der Waals surface area contributed by atoms with Gasteiger partial charge < -0.3 is 71.4 Å². The molecule has 0 bridgehead atoms. The molecule has 0 aliphatic rings. The smallest absolute Gasteiger partial charge is 0.333 e. The van der Waals surface area contributed by atoms with Gasteiger partial charge in [-0.3, -0.25) is 19.2 Å². The highest BCUT2D eigenvalue weighted by molar-refractivity contribution is 5.99. The maximum atomic E-state index is 13.8. The number of esters is 2. The summed E-state index contributed by atoms with van der Waals surface area (Å²) in [7, 11) is 0. The normalized spacial score (nSPS) is 12.1. The minimum atomic E-state index is -2.03. The van der Waals surface area contributed by atoms with Crippen LogP contribution in [0.15, 0.2) is 91.1 Å². The van der Waals surface area contributed by atoms with Crippen molar-refractivity contribution in [2.45, 2.75) is 71.6 Å². The number of para-hydroxylation sites is 3. The number of carbonyl (C=O) groups excluding carboxylic acids is 6. The zero-order chi connectivity index (χ0) is 51.4. The molecule has 0 saturated carbocycles. The quantitative estimate of drug-likeness (QED) is 0.0301. The predicted octanol–water partition coefficient (Wildman–Crippen LogP) is 3.97. The van der Waals surface area contributed by atoms with E-state index in [9.17, 15) is 74.7 Å². The number of amides is 3. The number of ketones is 1. The number of allylic oxidation sites excluding steroid dienone is 1. The highest BCUT2D eigenvalue weighted by Crippen LogP contribution is 2.41. The molecule has 4 aromatic carbocycles. The summed E-state index contributed by atoms with van der Waals surface area (Å²) < 4.78 is 10.6. The third kappa shape index (κ3) is 13.0. The minimum Gasteiger partial charge on any atom is -0.504 e. The highest BCUT2D eigenvalue weighted by Gasteiger charge is 2.35. The van der Waals surface area contributed by atoms with Crippen LogP contribution in [0.3, 0.4) is 0 Å². The molecule has 0 fully saturated rings. The number of aromatic hydroxyl groups is 6. The first kappa shape index (κ1) is 53.4. The maximum Gasteiger partial charge on any atom is 0.333 e. The number of hydrogen-bond donors (Lipinski definition) is 12. The van der Waals surface area contributed by atoms with Gasteiger partial charge in [-0.1, -0.05) is 37.9 Å². The Morgan fingerprint density at radius 3 is 1.09 bits per heavy atom. The maximum absolute atomic E-state index is 13.8. The van der Waals surface area contributed by atoms with Gasteiger partial charge >= 0.3 is 11.9 Å². The van der Waals surface area contributed by atoms with Crippen LogP contribution in [0.5, 0.6) is 34.5 Å². The van der Waals surface area contributed by atoms with E-state index in [-0.39, 0.29) is 56.5 Å². The van der Waals surface area contributed by atoms with Gasteiger partial charge in [0.15, 0.2) is 40.3 Å². The van der Waals surface area contributed by atoms with Crippen LogP contribution < -0.4 is 16.0 Å². The van der Waals surface area contributed by atoms with E-state index in [1.165, 1.54) is 39.0 Å². The monoisotopic (exact) mass is 955 g/mol. The molecule has 0 spiro atoms. The second-order valence-corrected chi connectivity index (χ2v) is 15.8. The van der Waals surface area contributed by atoms with Crippen LogP contribution in [0.2, 0.25) is 0 Å². The first-order valence-electron chi connectivity index (χ1n) is 20.9. The van der Waals surface area contributed by atoms with Crippen LogP contribution in [-0.2, 0) is 43.5 Å². The predicted molar refractivity (Wildman–Crippen MR) is 245 cm³/mol.